The Labute approximate surface area is 160 Å². The minimum Gasteiger partial charge on any atom is -0.384 e. The van der Waals surface area contributed by atoms with Crippen LogP contribution < -0.4 is 10.6 Å². The number of ether oxygens (including phenoxy) is 1. The summed E-state index contributed by atoms with van der Waals surface area (Å²) in [6, 6.07) is 3.82. The van der Waals surface area contributed by atoms with Gasteiger partial charge in [0.25, 0.3) is 0 Å². The van der Waals surface area contributed by atoms with E-state index in [-0.39, 0.29) is 11.3 Å². The van der Waals surface area contributed by atoms with E-state index in [9.17, 15) is 4.79 Å². The molecule has 1 amide bonds. The van der Waals surface area contributed by atoms with Crippen molar-refractivity contribution in [3.8, 4) is 9.88 Å². The van der Waals surface area contributed by atoms with Gasteiger partial charge in [-0.2, -0.15) is 0 Å². The number of carbonyl (C=O) groups excluding carboxylic acids is 1. The molecule has 25 heavy (non-hydrogen) atoms. The molecule has 0 atom stereocenters. The zero-order chi connectivity index (χ0) is 17.7. The van der Waals surface area contributed by atoms with Crippen LogP contribution in [0.1, 0.15) is 18.5 Å². The molecule has 0 unspecified atom stereocenters. The Bertz CT molecular complexity index is 705. The van der Waals surface area contributed by atoms with E-state index in [0.717, 1.165) is 45.8 Å². The topological polar surface area (TPSA) is 63.2 Å². The lowest BCUT2D eigenvalue weighted by Gasteiger charge is -2.37. The van der Waals surface area contributed by atoms with E-state index < -0.39 is 0 Å². The van der Waals surface area contributed by atoms with Crippen LogP contribution in [0.3, 0.4) is 0 Å². The zero-order valence-corrected chi connectivity index (χ0v) is 16.5. The predicted molar refractivity (Wildman–Crippen MR) is 104 cm³/mol. The fourth-order valence-corrected chi connectivity index (χ4v) is 5.01. The highest BCUT2D eigenvalue weighted by Crippen LogP contribution is 2.33. The van der Waals surface area contributed by atoms with Gasteiger partial charge in [-0.15, -0.1) is 22.7 Å². The normalized spacial score (nSPS) is 16.7. The van der Waals surface area contributed by atoms with Crippen molar-refractivity contribution in [2.24, 2.45) is 5.41 Å². The van der Waals surface area contributed by atoms with Gasteiger partial charge in [0.1, 0.15) is 5.01 Å². The summed E-state index contributed by atoms with van der Waals surface area (Å²) < 4.78 is 6.14. The lowest BCUT2D eigenvalue weighted by atomic mass is 9.79. The van der Waals surface area contributed by atoms with Crippen LogP contribution in [-0.4, -0.2) is 44.2 Å². The molecule has 0 aromatic carbocycles. The number of nitrogens with zero attached hydrogens (tertiary/aromatic N) is 1. The number of halogens is 1. The van der Waals surface area contributed by atoms with Crippen molar-refractivity contribution in [3.05, 3.63) is 27.5 Å². The van der Waals surface area contributed by atoms with E-state index in [4.69, 9.17) is 16.3 Å². The van der Waals surface area contributed by atoms with Gasteiger partial charge >= 0.3 is 0 Å². The van der Waals surface area contributed by atoms with E-state index in [1.165, 1.54) is 11.3 Å². The molecule has 2 N–H and O–H groups in total. The molecule has 8 heteroatoms. The number of aromatic nitrogens is 1. The van der Waals surface area contributed by atoms with Gasteiger partial charge in [-0.3, -0.25) is 4.79 Å². The minimum absolute atomic E-state index is 0.00933. The Morgan fingerprint density at radius 2 is 2.24 bits per heavy atom. The second kappa shape index (κ2) is 8.60. The molecule has 1 aliphatic heterocycles. The van der Waals surface area contributed by atoms with Crippen molar-refractivity contribution in [2.75, 3.05) is 33.4 Å². The number of carbonyl (C=O) groups is 1. The monoisotopic (exact) mass is 399 g/mol. The standard InChI is InChI=1S/C17H22ClN3O2S2/c1-23-11-17(4-6-19-7-5-17)10-20-15(22)8-12-9-24-16(21-12)13-2-3-14(18)25-13/h2-3,9,19H,4-8,10-11H2,1H3,(H,20,22). The van der Waals surface area contributed by atoms with Gasteiger partial charge in [-0.05, 0) is 38.1 Å². The van der Waals surface area contributed by atoms with Crippen molar-refractivity contribution in [1.29, 1.82) is 0 Å². The van der Waals surface area contributed by atoms with Crippen LogP contribution in [0.15, 0.2) is 17.5 Å². The SMILES string of the molecule is COCC1(CNC(=O)Cc2csc(-c3ccc(Cl)s3)n2)CCNCC1. The van der Waals surface area contributed by atoms with Crippen LogP contribution in [0.25, 0.3) is 9.88 Å². The van der Waals surface area contributed by atoms with E-state index in [2.05, 4.69) is 15.6 Å². The molecule has 0 bridgehead atoms. The highest BCUT2D eigenvalue weighted by atomic mass is 35.5. The molecule has 0 saturated carbocycles. The molecule has 5 nitrogen and oxygen atoms in total. The van der Waals surface area contributed by atoms with Crippen molar-refractivity contribution in [3.63, 3.8) is 0 Å². The summed E-state index contributed by atoms with van der Waals surface area (Å²) in [7, 11) is 1.72. The molecule has 0 spiro atoms. The maximum absolute atomic E-state index is 12.3. The summed E-state index contributed by atoms with van der Waals surface area (Å²) >= 11 is 9.02. The van der Waals surface area contributed by atoms with Crippen LogP contribution in [0.5, 0.6) is 0 Å². The molecule has 136 valence electrons. The average Bonchev–Trinajstić information content (AvgIpc) is 3.23. The van der Waals surface area contributed by atoms with E-state index in [1.807, 2.05) is 17.5 Å². The number of hydrogen-bond donors (Lipinski definition) is 2. The second-order valence-corrected chi connectivity index (χ2v) is 8.96. The third-order valence-corrected chi connectivity index (χ3v) is 6.74. The first kappa shape index (κ1) is 18.8. The van der Waals surface area contributed by atoms with E-state index in [0.29, 0.717) is 19.6 Å². The number of nitrogens with one attached hydrogen (secondary N) is 2. The quantitative estimate of drug-likeness (QED) is 0.750. The average molecular weight is 400 g/mol. The van der Waals surface area contributed by atoms with Gasteiger partial charge in [0.05, 0.1) is 27.9 Å². The number of piperidine rings is 1. The molecule has 2 aromatic heterocycles. The molecule has 1 fully saturated rings. The maximum atomic E-state index is 12.3. The lowest BCUT2D eigenvalue weighted by molar-refractivity contribution is -0.121. The van der Waals surface area contributed by atoms with E-state index in [1.54, 1.807) is 18.4 Å². The summed E-state index contributed by atoms with van der Waals surface area (Å²) in [6.07, 6.45) is 2.33. The van der Waals surface area contributed by atoms with Crippen molar-refractivity contribution in [1.82, 2.24) is 15.6 Å². The molecule has 0 aliphatic carbocycles. The van der Waals surface area contributed by atoms with Gasteiger partial charge < -0.3 is 15.4 Å². The third kappa shape index (κ3) is 5.01. The molecule has 0 radical (unpaired) electrons. The Hall–Kier alpha value is -0.990. The summed E-state index contributed by atoms with van der Waals surface area (Å²) in [5.41, 5.74) is 0.837. The number of amides is 1. The molecular weight excluding hydrogens is 378 g/mol. The van der Waals surface area contributed by atoms with E-state index >= 15 is 0 Å². The molecule has 3 rings (SSSR count). The summed E-state index contributed by atoms with van der Waals surface area (Å²) in [5, 5.41) is 9.29. The molecule has 1 saturated heterocycles. The Balaban J connectivity index is 1.54. The van der Waals surface area contributed by atoms with Crippen LogP contribution in [0, 0.1) is 5.41 Å². The number of hydrogen-bond acceptors (Lipinski definition) is 6. The highest BCUT2D eigenvalue weighted by Gasteiger charge is 2.32. The van der Waals surface area contributed by atoms with Crippen molar-refractivity contribution >= 4 is 40.2 Å². The summed E-state index contributed by atoms with van der Waals surface area (Å²) in [4.78, 5) is 17.9. The van der Waals surface area contributed by atoms with Gasteiger partial charge in [-0.25, -0.2) is 4.98 Å². The first-order valence-electron chi connectivity index (χ1n) is 8.27. The smallest absolute Gasteiger partial charge is 0.226 e. The Kier molecular flexibility index (Phi) is 6.46. The second-order valence-electron chi connectivity index (χ2n) is 6.38. The number of methoxy groups -OCH3 is 1. The number of thiazole rings is 1. The molecule has 2 aromatic rings. The maximum Gasteiger partial charge on any atom is 0.226 e. The predicted octanol–water partition coefficient (Wildman–Crippen LogP) is 3.20. The fraction of sp³-hybridized carbons (Fsp3) is 0.529. The molecule has 3 heterocycles. The van der Waals surface area contributed by atoms with Gasteiger partial charge in [0, 0.05) is 24.4 Å². The first-order chi connectivity index (χ1) is 12.1. The largest absolute Gasteiger partial charge is 0.384 e. The molecular formula is C17H22ClN3O2S2. The number of thiophene rings is 1. The van der Waals surface area contributed by atoms with Gasteiger partial charge in [0.2, 0.25) is 5.91 Å². The Morgan fingerprint density at radius 1 is 1.44 bits per heavy atom. The summed E-state index contributed by atoms with van der Waals surface area (Å²) in [5.74, 6) is 0.00933. The van der Waals surface area contributed by atoms with Crippen molar-refractivity contribution in [2.45, 2.75) is 19.3 Å². The minimum atomic E-state index is 0.00933. The zero-order valence-electron chi connectivity index (χ0n) is 14.1. The van der Waals surface area contributed by atoms with Crippen LogP contribution in [-0.2, 0) is 16.0 Å². The first-order valence-corrected chi connectivity index (χ1v) is 10.3. The highest BCUT2D eigenvalue weighted by molar-refractivity contribution is 7.23. The number of rotatable bonds is 7. The van der Waals surface area contributed by atoms with Crippen LogP contribution in [0.4, 0.5) is 0 Å². The van der Waals surface area contributed by atoms with Crippen LogP contribution in [0.2, 0.25) is 4.34 Å². The lowest BCUT2D eigenvalue weighted by Crippen LogP contribution is -2.47. The fourth-order valence-electron chi connectivity index (χ4n) is 3.08. The third-order valence-electron chi connectivity index (χ3n) is 4.45. The van der Waals surface area contributed by atoms with Crippen LogP contribution >= 0.6 is 34.3 Å². The van der Waals surface area contributed by atoms with Crippen molar-refractivity contribution < 1.29 is 9.53 Å². The van der Waals surface area contributed by atoms with Gasteiger partial charge in [0.15, 0.2) is 0 Å². The Morgan fingerprint density at radius 3 is 2.92 bits per heavy atom. The van der Waals surface area contributed by atoms with Gasteiger partial charge in [-0.1, -0.05) is 11.6 Å². The molecule has 1 aliphatic rings. The summed E-state index contributed by atoms with van der Waals surface area (Å²) in [6.45, 7) is 3.27.